The molecule has 0 fully saturated rings. The summed E-state index contributed by atoms with van der Waals surface area (Å²) in [6.45, 7) is 27.8. The van der Waals surface area contributed by atoms with Crippen LogP contribution >= 0.6 is 0 Å². The van der Waals surface area contributed by atoms with Gasteiger partial charge in [0, 0.05) is 47.4 Å². The van der Waals surface area contributed by atoms with E-state index in [1.54, 1.807) is 13.1 Å². The molecule has 0 saturated carbocycles. The molecule has 1 aliphatic rings. The van der Waals surface area contributed by atoms with Gasteiger partial charge >= 0.3 is 0 Å². The van der Waals surface area contributed by atoms with Crippen LogP contribution in [0.2, 0.25) is 0 Å². The van der Waals surface area contributed by atoms with Gasteiger partial charge in [-0.3, -0.25) is 4.99 Å². The van der Waals surface area contributed by atoms with Gasteiger partial charge in [0.05, 0.1) is 11.2 Å². The van der Waals surface area contributed by atoms with Crippen LogP contribution in [0.25, 0.3) is 16.5 Å². The molecule has 0 aliphatic heterocycles. The Morgan fingerprint density at radius 2 is 1.48 bits per heavy atom. The van der Waals surface area contributed by atoms with E-state index in [2.05, 4.69) is 67.0 Å². The highest BCUT2D eigenvalue weighted by molar-refractivity contribution is 6.11. The highest BCUT2D eigenvalue weighted by Crippen LogP contribution is 2.35. The fourth-order valence-electron chi connectivity index (χ4n) is 4.60. The Bertz CT molecular complexity index is 1170. The van der Waals surface area contributed by atoms with Gasteiger partial charge in [-0.25, -0.2) is 4.98 Å². The van der Waals surface area contributed by atoms with E-state index in [9.17, 15) is 0 Å². The fraction of sp³-hybridized carbons (Fsp3) is 0.625. The number of aliphatic imine (C=N–C) groups is 1. The molecule has 262 valence electrons. The van der Waals surface area contributed by atoms with E-state index in [0.29, 0.717) is 17.3 Å². The monoisotopic (exact) mass is 637 g/mol. The van der Waals surface area contributed by atoms with Gasteiger partial charge in [-0.05, 0) is 85.7 Å². The molecule has 0 spiro atoms. The Morgan fingerprint density at radius 3 is 1.91 bits per heavy atom. The Morgan fingerprint density at radius 1 is 0.957 bits per heavy atom. The van der Waals surface area contributed by atoms with Crippen molar-refractivity contribution in [3.63, 3.8) is 0 Å². The molecule has 0 amide bonds. The molecular formula is C40H72N6. The second kappa shape index (κ2) is 27.0. The van der Waals surface area contributed by atoms with Crippen LogP contribution in [0.1, 0.15) is 150 Å². The zero-order valence-corrected chi connectivity index (χ0v) is 31.7. The van der Waals surface area contributed by atoms with E-state index in [4.69, 9.17) is 27.6 Å². The molecule has 1 aromatic heterocycles. The molecule has 2 unspecified atom stereocenters. The zero-order valence-electron chi connectivity index (χ0n) is 31.7. The number of nitrogens with zero attached hydrogens (tertiary/aromatic N) is 2. The molecule has 6 nitrogen and oxygen atoms in total. The number of pyridine rings is 1. The molecule has 1 aromatic carbocycles. The maximum Gasteiger partial charge on any atom is 0.0774 e. The summed E-state index contributed by atoms with van der Waals surface area (Å²) < 4.78 is 0. The minimum atomic E-state index is 0.631. The average molecular weight is 637 g/mol. The number of fused-ring (bicyclic) bond motifs is 3. The molecule has 46 heavy (non-hydrogen) atoms. The quantitative estimate of drug-likeness (QED) is 0.144. The molecule has 0 saturated heterocycles. The number of allylic oxidation sites excluding steroid dienone is 2. The van der Waals surface area contributed by atoms with E-state index in [0.717, 1.165) is 78.2 Å². The number of aromatic nitrogens is 1. The molecule has 6 heteroatoms. The number of anilines is 1. The molecular weight excluding hydrogens is 564 g/mol. The first-order valence-electron chi connectivity index (χ1n) is 18.0. The third-order valence-electron chi connectivity index (χ3n) is 8.12. The average Bonchev–Trinajstić information content (AvgIpc) is 3.05. The summed E-state index contributed by atoms with van der Waals surface area (Å²) in [5, 5.41) is 8.86. The van der Waals surface area contributed by atoms with Crippen molar-refractivity contribution in [1.29, 1.82) is 5.41 Å². The highest BCUT2D eigenvalue weighted by Gasteiger charge is 2.22. The number of nitrogen functional groups attached to an aromatic ring is 1. The van der Waals surface area contributed by atoms with E-state index in [-0.39, 0.29) is 0 Å². The number of aryl methyl sites for hydroxylation is 1. The summed E-state index contributed by atoms with van der Waals surface area (Å²) in [6.07, 6.45) is 16.7. The van der Waals surface area contributed by atoms with Crippen LogP contribution in [0.5, 0.6) is 0 Å². The Balaban J connectivity index is 0. The summed E-state index contributed by atoms with van der Waals surface area (Å²) in [4.78, 5) is 9.56. The van der Waals surface area contributed by atoms with E-state index < -0.39 is 0 Å². The minimum Gasteiger partial charge on any atom is -0.404 e. The van der Waals surface area contributed by atoms with Crippen LogP contribution in [-0.4, -0.2) is 24.0 Å². The van der Waals surface area contributed by atoms with Gasteiger partial charge in [0.15, 0.2) is 0 Å². The number of nitrogens with two attached hydrogens (primary N) is 3. The lowest BCUT2D eigenvalue weighted by atomic mass is 9.85. The predicted molar refractivity (Wildman–Crippen MR) is 210 cm³/mol. The normalized spacial score (nSPS) is 13.4. The molecule has 1 heterocycles. The number of nitrogens with one attached hydrogen (secondary N) is 1. The Hall–Kier alpha value is -3.15. The molecule has 2 aromatic rings. The first-order valence-corrected chi connectivity index (χ1v) is 18.0. The largest absolute Gasteiger partial charge is 0.404 e. The van der Waals surface area contributed by atoms with Crippen molar-refractivity contribution in [2.24, 2.45) is 34.2 Å². The number of benzene rings is 1. The van der Waals surface area contributed by atoms with Crippen molar-refractivity contribution in [2.75, 3.05) is 12.3 Å². The minimum absolute atomic E-state index is 0.631. The predicted octanol–water partition coefficient (Wildman–Crippen LogP) is 10.9. The summed E-state index contributed by atoms with van der Waals surface area (Å²) in [5.41, 5.74) is 24.3. The lowest BCUT2D eigenvalue weighted by Gasteiger charge is -2.23. The Kier molecular flexibility index (Phi) is 26.4. The topological polar surface area (TPSA) is 127 Å². The summed E-state index contributed by atoms with van der Waals surface area (Å²) in [5.74, 6) is 2.51. The Labute approximate surface area is 284 Å². The van der Waals surface area contributed by atoms with E-state index in [1.165, 1.54) is 49.4 Å². The highest BCUT2D eigenvalue weighted by atomic mass is 14.8. The third-order valence-corrected chi connectivity index (χ3v) is 8.12. The van der Waals surface area contributed by atoms with Gasteiger partial charge in [-0.15, -0.1) is 0 Å². The molecule has 0 radical (unpaired) electrons. The van der Waals surface area contributed by atoms with Crippen LogP contribution in [0, 0.1) is 23.2 Å². The van der Waals surface area contributed by atoms with Crippen molar-refractivity contribution in [2.45, 2.75) is 140 Å². The van der Waals surface area contributed by atoms with Crippen molar-refractivity contribution < 1.29 is 0 Å². The first kappa shape index (κ1) is 45.0. The SMILES string of the molecule is C=C(C)N.CC.CCC(C)C.CCC(C)CCN=C/C(=C\N)c1nc2ccc(N)c(C=N)c2c2c1CCCC2.CCCC(C)CC. The summed E-state index contributed by atoms with van der Waals surface area (Å²) >= 11 is 0. The molecule has 1 aliphatic carbocycles. The van der Waals surface area contributed by atoms with Gasteiger partial charge in [0.1, 0.15) is 0 Å². The maximum absolute atomic E-state index is 7.84. The summed E-state index contributed by atoms with van der Waals surface area (Å²) in [7, 11) is 0. The van der Waals surface area contributed by atoms with Gasteiger partial charge < -0.3 is 22.6 Å². The smallest absolute Gasteiger partial charge is 0.0774 e. The fourth-order valence-corrected chi connectivity index (χ4v) is 4.60. The standard InChI is InChI=1S/C23H31N5.C7H16.C5H12.C3H7N.C2H6/c1-3-15(2)10-11-27-14-16(12-24)23-18-7-5-4-6-17(18)22-19(13-25)20(26)8-9-21(22)28-23;1-4-6-7(3)5-2;1-4-5(2)3;1-3(2)4;1-2/h8-9,12-15,25H,3-7,10-11,24,26H2,1-2H3;7H,4-6H2,1-3H3;5H,4H2,1-3H3;1,4H2,2H3;1-2H3/b16-12+,25-13?,27-14?;;;;. The lowest BCUT2D eigenvalue weighted by molar-refractivity contribution is 0.509. The van der Waals surface area contributed by atoms with Crippen molar-refractivity contribution >= 4 is 34.6 Å². The van der Waals surface area contributed by atoms with Crippen molar-refractivity contribution in [3.05, 3.63) is 53.0 Å². The number of hydrogen-bond donors (Lipinski definition) is 4. The second-order valence-electron chi connectivity index (χ2n) is 12.6. The van der Waals surface area contributed by atoms with Crippen LogP contribution < -0.4 is 17.2 Å². The van der Waals surface area contributed by atoms with Crippen molar-refractivity contribution in [3.8, 4) is 0 Å². The first-order chi connectivity index (χ1) is 21.9. The molecule has 3 rings (SSSR count). The van der Waals surface area contributed by atoms with E-state index in [1.807, 2.05) is 32.2 Å². The number of hydrogen-bond acceptors (Lipinski definition) is 6. The van der Waals surface area contributed by atoms with Crippen molar-refractivity contribution in [1.82, 2.24) is 4.98 Å². The van der Waals surface area contributed by atoms with Gasteiger partial charge in [0.25, 0.3) is 0 Å². The second-order valence-corrected chi connectivity index (χ2v) is 12.6. The van der Waals surface area contributed by atoms with E-state index >= 15 is 0 Å². The molecule has 7 N–H and O–H groups in total. The molecule has 2 atom stereocenters. The zero-order chi connectivity index (χ0) is 35.7. The van der Waals surface area contributed by atoms with Gasteiger partial charge in [-0.1, -0.05) is 108 Å². The van der Waals surface area contributed by atoms with Crippen LogP contribution in [0.4, 0.5) is 5.69 Å². The summed E-state index contributed by atoms with van der Waals surface area (Å²) in [6, 6.07) is 3.78. The third kappa shape index (κ3) is 17.5. The maximum atomic E-state index is 7.84. The molecule has 0 bridgehead atoms. The van der Waals surface area contributed by atoms with Gasteiger partial charge in [-0.2, -0.15) is 0 Å². The van der Waals surface area contributed by atoms with Crippen LogP contribution in [0.15, 0.2) is 35.6 Å². The van der Waals surface area contributed by atoms with Gasteiger partial charge in [0.2, 0.25) is 0 Å². The lowest BCUT2D eigenvalue weighted by Crippen LogP contribution is -2.12. The van der Waals surface area contributed by atoms with Crippen LogP contribution in [0.3, 0.4) is 0 Å². The van der Waals surface area contributed by atoms with Crippen LogP contribution in [-0.2, 0) is 12.8 Å². The number of rotatable bonds is 11.